The van der Waals surface area contributed by atoms with Gasteiger partial charge in [-0.2, -0.15) is 0 Å². The highest BCUT2D eigenvalue weighted by atomic mass is 16.3. The summed E-state index contributed by atoms with van der Waals surface area (Å²) in [5.41, 5.74) is 0.305. The normalized spacial score (nSPS) is 45.1. The number of Topliss-reactive ketones (excluding diaryl/α,β-unsaturated/α-hetero) is 1. The molecule has 16 heavy (non-hydrogen) atoms. The Morgan fingerprint density at radius 2 is 2.12 bits per heavy atom. The van der Waals surface area contributed by atoms with Gasteiger partial charge in [-0.25, -0.2) is 0 Å². The fourth-order valence-electron chi connectivity index (χ4n) is 3.63. The van der Waals surface area contributed by atoms with Gasteiger partial charge in [-0.15, -0.1) is 0 Å². The molecule has 0 aromatic heterocycles. The van der Waals surface area contributed by atoms with Crippen molar-refractivity contribution in [3.8, 4) is 0 Å². The van der Waals surface area contributed by atoms with Crippen molar-refractivity contribution in [3.63, 3.8) is 0 Å². The van der Waals surface area contributed by atoms with Crippen molar-refractivity contribution in [2.24, 2.45) is 11.3 Å². The van der Waals surface area contributed by atoms with Gasteiger partial charge in [-0.05, 0) is 51.0 Å². The number of fused-ring (bicyclic) bond motifs is 1. The summed E-state index contributed by atoms with van der Waals surface area (Å²) in [5.74, 6) is 0.783. The Balaban J connectivity index is 2.14. The summed E-state index contributed by atoms with van der Waals surface area (Å²) in [6.07, 6.45) is 3.68. The Kier molecular flexibility index (Phi) is 3.10. The molecule has 0 aromatic rings. The smallest absolute Gasteiger partial charge is 0.146 e. The summed E-state index contributed by atoms with van der Waals surface area (Å²) in [4.78, 5) is 13.8. The quantitative estimate of drug-likeness (QED) is 0.734. The van der Waals surface area contributed by atoms with E-state index >= 15 is 0 Å². The van der Waals surface area contributed by atoms with Crippen molar-refractivity contribution < 1.29 is 9.90 Å². The molecule has 1 aliphatic heterocycles. The first-order valence-corrected chi connectivity index (χ1v) is 6.31. The minimum Gasteiger partial charge on any atom is -0.393 e. The number of aliphatic hydroxyl groups is 1. The van der Waals surface area contributed by atoms with Gasteiger partial charge >= 0.3 is 0 Å². The molecule has 2 aliphatic rings. The van der Waals surface area contributed by atoms with Crippen molar-refractivity contribution in [1.29, 1.82) is 0 Å². The van der Waals surface area contributed by atoms with Crippen molar-refractivity contribution in [2.75, 3.05) is 13.6 Å². The number of piperidine rings is 1. The molecule has 0 spiro atoms. The van der Waals surface area contributed by atoms with Gasteiger partial charge in [0.25, 0.3) is 0 Å². The summed E-state index contributed by atoms with van der Waals surface area (Å²) in [6, 6.07) is 0.0726. The summed E-state index contributed by atoms with van der Waals surface area (Å²) < 4.78 is 0. The van der Waals surface area contributed by atoms with Gasteiger partial charge in [0.05, 0.1) is 12.1 Å². The van der Waals surface area contributed by atoms with E-state index in [1.165, 1.54) is 0 Å². The first-order valence-electron chi connectivity index (χ1n) is 6.31. The van der Waals surface area contributed by atoms with Crippen LogP contribution in [-0.2, 0) is 4.79 Å². The number of nitrogens with zero attached hydrogens (tertiary/aromatic N) is 1. The zero-order chi connectivity index (χ0) is 11.9. The van der Waals surface area contributed by atoms with Gasteiger partial charge in [0.15, 0.2) is 0 Å². The maximum Gasteiger partial charge on any atom is 0.146 e. The average molecular weight is 225 g/mol. The highest BCUT2D eigenvalue weighted by molar-refractivity contribution is 5.81. The number of carbonyl (C=O) groups excluding carboxylic acids is 1. The SMILES string of the molecule is CC(=O)[C@@H]1C[C@H]2C[C@H](O)CC[C@@]2(C)CN1C. The Morgan fingerprint density at radius 3 is 2.75 bits per heavy atom. The van der Waals surface area contributed by atoms with Gasteiger partial charge in [-0.1, -0.05) is 6.92 Å². The summed E-state index contributed by atoms with van der Waals surface area (Å²) in [5, 5.41) is 9.75. The third-order valence-electron chi connectivity index (χ3n) is 4.71. The van der Waals surface area contributed by atoms with Crippen LogP contribution in [0.4, 0.5) is 0 Å². The Morgan fingerprint density at radius 1 is 1.44 bits per heavy atom. The lowest BCUT2D eigenvalue weighted by molar-refractivity contribution is -0.128. The summed E-state index contributed by atoms with van der Waals surface area (Å²) in [7, 11) is 2.05. The minimum absolute atomic E-state index is 0.0726. The average Bonchev–Trinajstić information content (AvgIpc) is 2.18. The Labute approximate surface area is 97.8 Å². The van der Waals surface area contributed by atoms with Crippen LogP contribution in [0.15, 0.2) is 0 Å². The van der Waals surface area contributed by atoms with Crippen molar-refractivity contribution in [1.82, 2.24) is 4.90 Å². The first-order chi connectivity index (χ1) is 7.42. The maximum absolute atomic E-state index is 11.6. The molecule has 0 amide bonds. The molecule has 0 radical (unpaired) electrons. The topological polar surface area (TPSA) is 40.5 Å². The largest absolute Gasteiger partial charge is 0.393 e. The molecule has 0 unspecified atom stereocenters. The number of hydrogen-bond acceptors (Lipinski definition) is 3. The van der Waals surface area contributed by atoms with Crippen LogP contribution >= 0.6 is 0 Å². The molecule has 2 rings (SSSR count). The molecule has 1 saturated carbocycles. The predicted molar refractivity (Wildman–Crippen MR) is 63.2 cm³/mol. The molecule has 3 heteroatoms. The maximum atomic E-state index is 11.6. The van der Waals surface area contributed by atoms with E-state index in [-0.39, 0.29) is 17.9 Å². The zero-order valence-electron chi connectivity index (χ0n) is 10.6. The number of likely N-dealkylation sites (N-methyl/N-ethyl adjacent to an activating group) is 1. The third-order valence-corrected chi connectivity index (χ3v) is 4.71. The molecule has 1 N–H and O–H groups in total. The standard InChI is InChI=1S/C13H23NO2/c1-9(15)12-7-10-6-11(16)4-5-13(10,2)8-14(12)3/h10-12,16H,4-8H2,1-3H3/t10-,11-,12+,13+/m1/s1. The van der Waals surface area contributed by atoms with Crippen molar-refractivity contribution in [3.05, 3.63) is 0 Å². The summed E-state index contributed by atoms with van der Waals surface area (Å²) >= 11 is 0. The number of aliphatic hydroxyl groups excluding tert-OH is 1. The van der Waals surface area contributed by atoms with Crippen LogP contribution in [0.3, 0.4) is 0 Å². The Hall–Kier alpha value is -0.410. The van der Waals surface area contributed by atoms with E-state index in [9.17, 15) is 9.90 Å². The second-order valence-electron chi connectivity index (χ2n) is 6.06. The lowest BCUT2D eigenvalue weighted by atomic mass is 9.62. The van der Waals surface area contributed by atoms with Crippen LogP contribution in [0, 0.1) is 11.3 Å². The van der Waals surface area contributed by atoms with E-state index in [2.05, 4.69) is 18.9 Å². The lowest BCUT2D eigenvalue weighted by Crippen LogP contribution is -2.55. The zero-order valence-corrected chi connectivity index (χ0v) is 10.6. The van der Waals surface area contributed by atoms with Gasteiger partial charge in [0, 0.05) is 6.54 Å². The van der Waals surface area contributed by atoms with Crippen LogP contribution < -0.4 is 0 Å². The fourth-order valence-corrected chi connectivity index (χ4v) is 3.63. The van der Waals surface area contributed by atoms with Gasteiger partial charge in [-0.3, -0.25) is 9.69 Å². The highest BCUT2D eigenvalue weighted by Crippen LogP contribution is 2.47. The van der Waals surface area contributed by atoms with Crippen LogP contribution in [0.25, 0.3) is 0 Å². The molecule has 1 saturated heterocycles. The molecule has 4 atom stereocenters. The van der Waals surface area contributed by atoms with Crippen LogP contribution in [0.1, 0.15) is 39.5 Å². The van der Waals surface area contributed by atoms with E-state index in [4.69, 9.17) is 0 Å². The van der Waals surface area contributed by atoms with Crippen molar-refractivity contribution >= 4 is 5.78 Å². The monoisotopic (exact) mass is 225 g/mol. The number of rotatable bonds is 1. The van der Waals surface area contributed by atoms with Crippen LogP contribution in [0.2, 0.25) is 0 Å². The third kappa shape index (κ3) is 2.03. The van der Waals surface area contributed by atoms with E-state index in [1.54, 1.807) is 6.92 Å². The Bertz CT molecular complexity index is 292. The van der Waals surface area contributed by atoms with Gasteiger partial charge in [0.2, 0.25) is 0 Å². The predicted octanol–water partition coefficient (Wildman–Crippen LogP) is 1.45. The molecule has 1 heterocycles. The summed E-state index contributed by atoms with van der Waals surface area (Å²) in [6.45, 7) is 4.99. The van der Waals surface area contributed by atoms with Crippen LogP contribution in [-0.4, -0.2) is 41.5 Å². The van der Waals surface area contributed by atoms with Gasteiger partial charge in [0.1, 0.15) is 5.78 Å². The molecular formula is C13H23NO2. The van der Waals surface area contributed by atoms with Gasteiger partial charge < -0.3 is 5.11 Å². The molecule has 3 nitrogen and oxygen atoms in total. The molecule has 1 aliphatic carbocycles. The second-order valence-corrected chi connectivity index (χ2v) is 6.06. The molecule has 0 bridgehead atoms. The van der Waals surface area contributed by atoms with Crippen molar-refractivity contribution in [2.45, 2.75) is 51.7 Å². The van der Waals surface area contributed by atoms with Crippen LogP contribution in [0.5, 0.6) is 0 Å². The highest BCUT2D eigenvalue weighted by Gasteiger charge is 2.46. The van der Waals surface area contributed by atoms with E-state index < -0.39 is 0 Å². The van der Waals surface area contributed by atoms with E-state index in [0.29, 0.717) is 11.3 Å². The lowest BCUT2D eigenvalue weighted by Gasteiger charge is -2.52. The number of likely N-dealkylation sites (tertiary alicyclic amines) is 1. The molecule has 92 valence electrons. The minimum atomic E-state index is -0.144. The number of carbonyl (C=O) groups is 1. The molecular weight excluding hydrogens is 202 g/mol. The van der Waals surface area contributed by atoms with E-state index in [1.807, 2.05) is 0 Å². The second kappa shape index (κ2) is 4.11. The van der Waals surface area contributed by atoms with E-state index in [0.717, 1.165) is 32.2 Å². The number of ketones is 1. The fraction of sp³-hybridized carbons (Fsp3) is 0.923. The number of hydrogen-bond donors (Lipinski definition) is 1. The first kappa shape index (κ1) is 12.1. The molecule has 2 fully saturated rings. The molecule has 0 aromatic carbocycles.